The summed E-state index contributed by atoms with van der Waals surface area (Å²) in [5, 5.41) is 2.77. The second kappa shape index (κ2) is 12.4. The number of hydrogen-bond acceptors (Lipinski definition) is 6. The molecule has 0 unspecified atom stereocenters. The number of benzene rings is 1. The number of hydrogen-bond donors (Lipinski definition) is 1. The van der Waals surface area contributed by atoms with Crippen LogP contribution in [0.15, 0.2) is 41.3 Å². The molecule has 0 bridgehead atoms. The van der Waals surface area contributed by atoms with E-state index in [2.05, 4.69) is 10.1 Å². The molecule has 0 saturated carbocycles. The van der Waals surface area contributed by atoms with Gasteiger partial charge in [0.1, 0.15) is 12.3 Å². The molecule has 0 fully saturated rings. The van der Waals surface area contributed by atoms with Crippen LogP contribution in [-0.2, 0) is 11.3 Å². The molecule has 1 amide bonds. The van der Waals surface area contributed by atoms with Crippen LogP contribution in [0.5, 0.6) is 5.75 Å². The number of rotatable bonds is 12. The van der Waals surface area contributed by atoms with Gasteiger partial charge in [-0.1, -0.05) is 38.8 Å². The van der Waals surface area contributed by atoms with Crippen LogP contribution in [0.2, 0.25) is 0 Å². The molecular weight excluding hydrogens is 400 g/mol. The summed E-state index contributed by atoms with van der Waals surface area (Å²) in [4.78, 5) is 42.4. The van der Waals surface area contributed by atoms with Crippen molar-refractivity contribution >= 4 is 11.9 Å². The smallest absolute Gasteiger partial charge is 0.337 e. The highest BCUT2D eigenvalue weighted by molar-refractivity contribution is 5.92. The van der Waals surface area contributed by atoms with Crippen molar-refractivity contribution in [2.75, 3.05) is 20.3 Å². The number of nitrogens with zero attached hydrogens (tertiary/aromatic N) is 1. The lowest BCUT2D eigenvalue weighted by molar-refractivity contribution is 0.0600. The molecule has 1 N–H and O–H groups in total. The van der Waals surface area contributed by atoms with E-state index in [4.69, 9.17) is 9.57 Å². The molecule has 0 atom stereocenters. The number of unbranched alkanes of at least 4 members (excludes halogenated alkanes) is 2. The molecule has 0 aliphatic heterocycles. The highest BCUT2D eigenvalue weighted by atomic mass is 16.7. The van der Waals surface area contributed by atoms with Crippen molar-refractivity contribution in [3.63, 3.8) is 0 Å². The van der Waals surface area contributed by atoms with Crippen LogP contribution < -0.4 is 20.3 Å². The number of ether oxygens (including phenoxy) is 2. The Morgan fingerprint density at radius 3 is 2.35 bits per heavy atom. The van der Waals surface area contributed by atoms with Crippen LogP contribution in [0.1, 0.15) is 65.9 Å². The lowest BCUT2D eigenvalue weighted by Gasteiger charge is -2.16. The lowest BCUT2D eigenvalue weighted by atomic mass is 10.1. The van der Waals surface area contributed by atoms with E-state index in [0.717, 1.165) is 31.2 Å². The van der Waals surface area contributed by atoms with Gasteiger partial charge in [0.2, 0.25) is 5.43 Å². The van der Waals surface area contributed by atoms with Crippen molar-refractivity contribution in [1.29, 1.82) is 0 Å². The normalized spacial score (nSPS) is 10.4. The van der Waals surface area contributed by atoms with Gasteiger partial charge in [0, 0.05) is 12.6 Å². The maximum atomic E-state index is 12.8. The second-order valence-corrected chi connectivity index (χ2v) is 6.97. The minimum atomic E-state index is -0.453. The van der Waals surface area contributed by atoms with Gasteiger partial charge < -0.3 is 19.6 Å². The van der Waals surface area contributed by atoms with Gasteiger partial charge in [0.25, 0.3) is 5.91 Å². The van der Waals surface area contributed by atoms with E-state index in [1.54, 1.807) is 24.3 Å². The Balaban J connectivity index is 2.13. The van der Waals surface area contributed by atoms with E-state index >= 15 is 0 Å². The topological polar surface area (TPSA) is 95.9 Å². The van der Waals surface area contributed by atoms with Gasteiger partial charge in [-0.15, -0.1) is 0 Å². The van der Waals surface area contributed by atoms with Gasteiger partial charge in [0.05, 0.1) is 25.5 Å². The number of methoxy groups -OCH3 is 1. The summed E-state index contributed by atoms with van der Waals surface area (Å²) in [7, 11) is 1.32. The van der Waals surface area contributed by atoms with Crippen LogP contribution in [0.4, 0.5) is 0 Å². The number of nitrogens with one attached hydrogen (secondary N) is 1. The van der Waals surface area contributed by atoms with Crippen molar-refractivity contribution in [1.82, 2.24) is 10.0 Å². The average Bonchev–Trinajstić information content (AvgIpc) is 2.79. The third-order valence-electron chi connectivity index (χ3n) is 4.53. The summed E-state index contributed by atoms with van der Waals surface area (Å²) in [6.07, 6.45) is 4.94. The van der Waals surface area contributed by atoms with E-state index < -0.39 is 11.9 Å². The van der Waals surface area contributed by atoms with Crippen molar-refractivity contribution in [2.45, 2.75) is 46.1 Å². The van der Waals surface area contributed by atoms with Gasteiger partial charge >= 0.3 is 5.97 Å². The third-order valence-corrected chi connectivity index (χ3v) is 4.53. The fraction of sp³-hybridized carbons (Fsp3) is 0.435. The molecule has 1 aromatic carbocycles. The lowest BCUT2D eigenvalue weighted by Crippen LogP contribution is -2.31. The third kappa shape index (κ3) is 7.16. The van der Waals surface area contributed by atoms with Crippen LogP contribution >= 0.6 is 0 Å². The molecule has 1 aromatic heterocycles. The summed E-state index contributed by atoms with van der Waals surface area (Å²) >= 11 is 0. The number of esters is 1. The maximum Gasteiger partial charge on any atom is 0.337 e. The van der Waals surface area contributed by atoms with E-state index in [1.807, 2.05) is 13.8 Å². The molecule has 2 aromatic rings. The first-order chi connectivity index (χ1) is 15.0. The van der Waals surface area contributed by atoms with E-state index in [1.165, 1.54) is 24.1 Å². The Morgan fingerprint density at radius 2 is 1.71 bits per heavy atom. The van der Waals surface area contributed by atoms with Crippen LogP contribution in [0, 0.1) is 0 Å². The quantitative estimate of drug-likeness (QED) is 0.411. The fourth-order valence-corrected chi connectivity index (χ4v) is 2.66. The zero-order chi connectivity index (χ0) is 22.6. The van der Waals surface area contributed by atoms with Crippen molar-refractivity contribution in [3.8, 4) is 5.75 Å². The predicted molar refractivity (Wildman–Crippen MR) is 116 cm³/mol. The molecule has 0 spiro atoms. The van der Waals surface area contributed by atoms with Crippen LogP contribution in [-0.4, -0.2) is 36.9 Å². The molecule has 8 nitrogen and oxygen atoms in total. The Morgan fingerprint density at radius 1 is 1.03 bits per heavy atom. The Bertz CT molecular complexity index is 921. The first-order valence-electron chi connectivity index (χ1n) is 10.5. The van der Waals surface area contributed by atoms with E-state index in [9.17, 15) is 14.4 Å². The fourth-order valence-electron chi connectivity index (χ4n) is 2.66. The molecule has 2 rings (SSSR count). The van der Waals surface area contributed by atoms with Gasteiger partial charge in [0.15, 0.2) is 5.75 Å². The van der Waals surface area contributed by atoms with Crippen molar-refractivity contribution < 1.29 is 23.9 Å². The molecular formula is C23H30N2O6. The predicted octanol–water partition coefficient (Wildman–Crippen LogP) is 2.97. The molecule has 31 heavy (non-hydrogen) atoms. The standard InChI is InChI=1S/C23H30N2O6/c1-4-6-12-30-21-16-25(31-13-7-5-2)19(14-20(21)26)22(27)24-15-17-8-10-18(11-9-17)23(28)29-3/h8-11,14,16H,4-7,12-13,15H2,1-3H3,(H,24,27). The number of carbonyl (C=O) groups is 2. The first-order valence-corrected chi connectivity index (χ1v) is 10.5. The monoisotopic (exact) mass is 430 g/mol. The summed E-state index contributed by atoms with van der Waals surface area (Å²) < 4.78 is 11.5. The summed E-state index contributed by atoms with van der Waals surface area (Å²) in [6, 6.07) is 7.92. The van der Waals surface area contributed by atoms with Crippen LogP contribution in [0.3, 0.4) is 0 Å². The molecule has 168 valence electrons. The van der Waals surface area contributed by atoms with Crippen LogP contribution in [0.25, 0.3) is 0 Å². The highest BCUT2D eigenvalue weighted by Crippen LogP contribution is 2.09. The zero-order valence-corrected chi connectivity index (χ0v) is 18.3. The van der Waals surface area contributed by atoms with E-state index in [0.29, 0.717) is 18.8 Å². The van der Waals surface area contributed by atoms with E-state index in [-0.39, 0.29) is 23.4 Å². The molecule has 0 aliphatic carbocycles. The maximum absolute atomic E-state index is 12.8. The largest absolute Gasteiger partial charge is 0.488 e. The SMILES string of the molecule is CCCCOc1cn(OCCCC)c(C(=O)NCc2ccc(C(=O)OC)cc2)cc1=O. The number of pyridine rings is 1. The summed E-state index contributed by atoms with van der Waals surface area (Å²) in [6.45, 7) is 5.12. The first kappa shape index (κ1) is 24.0. The molecule has 8 heteroatoms. The minimum absolute atomic E-state index is 0.0927. The molecule has 0 aliphatic rings. The van der Waals surface area contributed by atoms with Crippen molar-refractivity contribution in [3.05, 3.63) is 63.6 Å². The molecule has 1 heterocycles. The number of aromatic nitrogens is 1. The summed E-state index contributed by atoms with van der Waals surface area (Å²) in [5.41, 5.74) is 0.935. The minimum Gasteiger partial charge on any atom is -0.488 e. The average molecular weight is 431 g/mol. The second-order valence-electron chi connectivity index (χ2n) is 6.97. The van der Waals surface area contributed by atoms with Gasteiger partial charge in [-0.3, -0.25) is 9.59 Å². The Labute approximate surface area is 182 Å². The van der Waals surface area contributed by atoms with Crippen molar-refractivity contribution in [2.24, 2.45) is 0 Å². The summed E-state index contributed by atoms with van der Waals surface area (Å²) in [5.74, 6) is -0.726. The number of carbonyl (C=O) groups excluding carboxylic acids is 2. The Hall–Kier alpha value is -3.29. The van der Waals surface area contributed by atoms with Gasteiger partial charge in [-0.05, 0) is 30.5 Å². The van der Waals surface area contributed by atoms with Gasteiger partial charge in [-0.2, -0.15) is 4.73 Å². The van der Waals surface area contributed by atoms with Gasteiger partial charge in [-0.25, -0.2) is 4.79 Å². The Kier molecular flexibility index (Phi) is 9.61. The highest BCUT2D eigenvalue weighted by Gasteiger charge is 2.16. The molecule has 0 radical (unpaired) electrons. The zero-order valence-electron chi connectivity index (χ0n) is 18.3. The molecule has 0 saturated heterocycles. The number of amides is 1.